The Labute approximate surface area is 118 Å². The molecule has 0 aromatic carbocycles. The van der Waals surface area contributed by atoms with Crippen LogP contribution in [0.15, 0.2) is 24.4 Å². The molecule has 2 saturated heterocycles. The van der Waals surface area contributed by atoms with Gasteiger partial charge in [-0.15, -0.1) is 0 Å². The van der Waals surface area contributed by atoms with Gasteiger partial charge in [-0.25, -0.2) is 9.78 Å². The third-order valence-corrected chi connectivity index (χ3v) is 3.75. The molecule has 3 heterocycles. The minimum absolute atomic E-state index is 0.0161. The number of piperazine rings is 1. The van der Waals surface area contributed by atoms with E-state index in [0.29, 0.717) is 0 Å². The normalized spacial score (nSPS) is 22.9. The van der Waals surface area contributed by atoms with E-state index >= 15 is 0 Å². The second-order valence-corrected chi connectivity index (χ2v) is 5.11. The molecule has 1 N–H and O–H groups in total. The van der Waals surface area contributed by atoms with Gasteiger partial charge >= 0.3 is 6.03 Å². The van der Waals surface area contributed by atoms with Gasteiger partial charge in [0.25, 0.3) is 0 Å². The van der Waals surface area contributed by atoms with Crippen molar-refractivity contribution in [2.45, 2.75) is 19.1 Å². The molecule has 0 radical (unpaired) electrons. The van der Waals surface area contributed by atoms with Crippen molar-refractivity contribution in [1.29, 1.82) is 0 Å². The number of carbonyl (C=O) groups excluding carboxylic acids is 1. The standard InChI is InChI=1S/C14H20N4O2/c19-14(16-13-5-3-11-20-13)18-9-7-17(8-10-18)12-4-1-2-6-15-12/h1-2,4,6,13H,3,5,7-11H2,(H,16,19). The van der Waals surface area contributed by atoms with E-state index in [-0.39, 0.29) is 12.3 Å². The highest BCUT2D eigenvalue weighted by Crippen LogP contribution is 2.13. The monoisotopic (exact) mass is 276 g/mol. The first-order valence-corrected chi connectivity index (χ1v) is 7.16. The molecule has 1 unspecified atom stereocenters. The Kier molecular flexibility index (Phi) is 4.01. The Morgan fingerprint density at radius 2 is 2.15 bits per heavy atom. The summed E-state index contributed by atoms with van der Waals surface area (Å²) >= 11 is 0. The van der Waals surface area contributed by atoms with Crippen molar-refractivity contribution < 1.29 is 9.53 Å². The minimum atomic E-state index is -0.101. The molecule has 2 amide bonds. The van der Waals surface area contributed by atoms with E-state index in [0.717, 1.165) is 51.4 Å². The molecule has 2 aliphatic rings. The highest BCUT2D eigenvalue weighted by molar-refractivity contribution is 5.74. The number of carbonyl (C=O) groups is 1. The van der Waals surface area contributed by atoms with Crippen molar-refractivity contribution in [3.8, 4) is 0 Å². The van der Waals surface area contributed by atoms with Crippen molar-refractivity contribution in [2.24, 2.45) is 0 Å². The van der Waals surface area contributed by atoms with Gasteiger partial charge in [0.05, 0.1) is 0 Å². The lowest BCUT2D eigenvalue weighted by atomic mass is 10.3. The predicted octanol–water partition coefficient (Wildman–Crippen LogP) is 1.05. The van der Waals surface area contributed by atoms with Gasteiger partial charge in [-0.2, -0.15) is 0 Å². The number of urea groups is 1. The van der Waals surface area contributed by atoms with E-state index in [2.05, 4.69) is 15.2 Å². The molecule has 2 fully saturated rings. The van der Waals surface area contributed by atoms with E-state index in [9.17, 15) is 4.79 Å². The maximum Gasteiger partial charge on any atom is 0.319 e. The Hall–Kier alpha value is -1.82. The molecular formula is C14H20N4O2. The van der Waals surface area contributed by atoms with Gasteiger partial charge in [-0.05, 0) is 25.0 Å². The van der Waals surface area contributed by atoms with E-state index in [1.165, 1.54) is 0 Å². The fourth-order valence-electron chi connectivity index (χ4n) is 2.60. The van der Waals surface area contributed by atoms with Gasteiger partial charge < -0.3 is 19.9 Å². The molecule has 0 bridgehead atoms. The molecule has 0 spiro atoms. The maximum absolute atomic E-state index is 12.1. The number of amides is 2. The number of aromatic nitrogens is 1. The van der Waals surface area contributed by atoms with Crippen molar-refractivity contribution in [1.82, 2.24) is 15.2 Å². The molecule has 0 saturated carbocycles. The first kappa shape index (κ1) is 13.2. The third kappa shape index (κ3) is 3.01. The van der Waals surface area contributed by atoms with Gasteiger partial charge in [0, 0.05) is 39.0 Å². The van der Waals surface area contributed by atoms with Crippen LogP contribution in [0.1, 0.15) is 12.8 Å². The fraction of sp³-hybridized carbons (Fsp3) is 0.571. The molecule has 1 atom stereocenters. The van der Waals surface area contributed by atoms with Crippen LogP contribution in [0.3, 0.4) is 0 Å². The molecule has 20 heavy (non-hydrogen) atoms. The zero-order valence-electron chi connectivity index (χ0n) is 11.5. The molecule has 1 aromatic heterocycles. The topological polar surface area (TPSA) is 57.7 Å². The molecule has 3 rings (SSSR count). The van der Waals surface area contributed by atoms with Crippen LogP contribution >= 0.6 is 0 Å². The molecule has 0 aliphatic carbocycles. The number of rotatable bonds is 2. The average molecular weight is 276 g/mol. The van der Waals surface area contributed by atoms with Gasteiger partial charge in [0.1, 0.15) is 12.0 Å². The van der Waals surface area contributed by atoms with Gasteiger partial charge in [0.15, 0.2) is 0 Å². The zero-order chi connectivity index (χ0) is 13.8. The van der Waals surface area contributed by atoms with Crippen LogP contribution in [0.2, 0.25) is 0 Å². The van der Waals surface area contributed by atoms with Crippen molar-refractivity contribution in [3.05, 3.63) is 24.4 Å². The van der Waals surface area contributed by atoms with Crippen LogP contribution in [-0.4, -0.2) is 54.9 Å². The van der Waals surface area contributed by atoms with Crippen LogP contribution in [0.25, 0.3) is 0 Å². The number of anilines is 1. The summed E-state index contributed by atoms with van der Waals surface area (Å²) in [7, 11) is 0. The lowest BCUT2D eigenvalue weighted by Gasteiger charge is -2.35. The average Bonchev–Trinajstić information content (AvgIpc) is 3.01. The molecule has 1 aromatic rings. The van der Waals surface area contributed by atoms with Crippen molar-refractivity contribution in [2.75, 3.05) is 37.7 Å². The quantitative estimate of drug-likeness (QED) is 0.877. The largest absolute Gasteiger partial charge is 0.358 e. The van der Waals surface area contributed by atoms with E-state index < -0.39 is 0 Å². The number of nitrogens with one attached hydrogen (secondary N) is 1. The van der Waals surface area contributed by atoms with Crippen LogP contribution in [0.5, 0.6) is 0 Å². The SMILES string of the molecule is O=C(NC1CCCO1)N1CCN(c2ccccn2)CC1. The first-order chi connectivity index (χ1) is 9.83. The summed E-state index contributed by atoms with van der Waals surface area (Å²) in [6.07, 6.45) is 3.64. The van der Waals surface area contributed by atoms with E-state index in [1.807, 2.05) is 23.1 Å². The summed E-state index contributed by atoms with van der Waals surface area (Å²) in [6.45, 7) is 3.81. The number of pyridine rings is 1. The number of hydrogen-bond donors (Lipinski definition) is 1. The summed E-state index contributed by atoms with van der Waals surface area (Å²) in [5.41, 5.74) is 0. The van der Waals surface area contributed by atoms with Crippen molar-refractivity contribution >= 4 is 11.8 Å². The summed E-state index contributed by atoms with van der Waals surface area (Å²) in [5.74, 6) is 0.978. The smallest absolute Gasteiger partial charge is 0.319 e. The van der Waals surface area contributed by atoms with E-state index in [4.69, 9.17) is 4.74 Å². The number of ether oxygens (including phenoxy) is 1. The first-order valence-electron chi connectivity index (χ1n) is 7.16. The van der Waals surface area contributed by atoms with Crippen LogP contribution in [0.4, 0.5) is 10.6 Å². The van der Waals surface area contributed by atoms with Gasteiger partial charge in [0.2, 0.25) is 0 Å². The zero-order valence-corrected chi connectivity index (χ0v) is 11.5. The molecule has 6 heteroatoms. The summed E-state index contributed by atoms with van der Waals surface area (Å²) in [5, 5.41) is 2.93. The summed E-state index contributed by atoms with van der Waals surface area (Å²) in [6, 6.07) is 5.88. The lowest BCUT2D eigenvalue weighted by Crippen LogP contribution is -2.53. The minimum Gasteiger partial charge on any atom is -0.358 e. The predicted molar refractivity (Wildman–Crippen MR) is 75.5 cm³/mol. The Morgan fingerprint density at radius 1 is 1.30 bits per heavy atom. The Balaban J connectivity index is 1.49. The molecule has 2 aliphatic heterocycles. The Morgan fingerprint density at radius 3 is 2.80 bits per heavy atom. The second kappa shape index (κ2) is 6.09. The van der Waals surface area contributed by atoms with Crippen LogP contribution in [0, 0.1) is 0 Å². The number of nitrogens with zero attached hydrogens (tertiary/aromatic N) is 3. The molecule has 108 valence electrons. The van der Waals surface area contributed by atoms with Crippen LogP contribution < -0.4 is 10.2 Å². The summed E-state index contributed by atoms with van der Waals surface area (Å²) in [4.78, 5) is 20.5. The fourth-order valence-corrected chi connectivity index (χ4v) is 2.60. The highest BCUT2D eigenvalue weighted by atomic mass is 16.5. The second-order valence-electron chi connectivity index (χ2n) is 5.11. The third-order valence-electron chi connectivity index (χ3n) is 3.75. The van der Waals surface area contributed by atoms with Crippen LogP contribution in [-0.2, 0) is 4.74 Å². The highest BCUT2D eigenvalue weighted by Gasteiger charge is 2.25. The molecular weight excluding hydrogens is 256 g/mol. The Bertz CT molecular complexity index is 440. The lowest BCUT2D eigenvalue weighted by molar-refractivity contribution is 0.0831. The number of hydrogen-bond acceptors (Lipinski definition) is 4. The molecule has 6 nitrogen and oxygen atoms in total. The van der Waals surface area contributed by atoms with Crippen molar-refractivity contribution in [3.63, 3.8) is 0 Å². The van der Waals surface area contributed by atoms with E-state index in [1.54, 1.807) is 6.20 Å². The summed E-state index contributed by atoms with van der Waals surface area (Å²) < 4.78 is 5.43. The maximum atomic E-state index is 12.1. The van der Waals surface area contributed by atoms with Gasteiger partial charge in [-0.1, -0.05) is 6.07 Å². The van der Waals surface area contributed by atoms with Gasteiger partial charge in [-0.3, -0.25) is 0 Å².